The second-order valence-electron chi connectivity index (χ2n) is 1.42. The van der Waals surface area contributed by atoms with Crippen LogP contribution in [0.4, 0.5) is 0 Å². The van der Waals surface area contributed by atoms with Gasteiger partial charge in [0.25, 0.3) is 0 Å². The van der Waals surface area contributed by atoms with Crippen LogP contribution in [0.5, 0.6) is 0 Å². The third kappa shape index (κ3) is 3.82. The van der Waals surface area contributed by atoms with Crippen LogP contribution in [0.15, 0.2) is 24.8 Å². The van der Waals surface area contributed by atoms with Crippen LogP contribution >= 0.6 is 0 Å². The molecule has 0 unspecified atom stereocenters. The van der Waals surface area contributed by atoms with Gasteiger partial charge in [-0.3, -0.25) is 0 Å². The lowest BCUT2D eigenvalue weighted by Crippen LogP contribution is -1.84. The summed E-state index contributed by atoms with van der Waals surface area (Å²) >= 11 is 0. The Kier molecular flexibility index (Phi) is 3.76. The van der Waals surface area contributed by atoms with Crippen molar-refractivity contribution in [1.82, 2.24) is 41.2 Å². The van der Waals surface area contributed by atoms with E-state index in [1.165, 1.54) is 24.8 Å². The van der Waals surface area contributed by atoms with Crippen molar-refractivity contribution in [2.45, 2.75) is 0 Å². The fourth-order valence-electron chi connectivity index (χ4n) is 0.331. The Morgan fingerprint density at radius 1 is 0.417 bits per heavy atom. The molecule has 0 aromatic carbocycles. The van der Waals surface area contributed by atoms with Gasteiger partial charge in [0.15, 0.2) is 0 Å². The van der Waals surface area contributed by atoms with Crippen molar-refractivity contribution in [2.75, 3.05) is 0 Å². The van der Waals surface area contributed by atoms with Crippen LogP contribution in [-0.2, 0) is 0 Å². The molecule has 0 aliphatic carbocycles. The van der Waals surface area contributed by atoms with Gasteiger partial charge in [0, 0.05) is 0 Å². The molecule has 0 saturated heterocycles. The summed E-state index contributed by atoms with van der Waals surface area (Å²) in [6, 6.07) is 0. The first-order chi connectivity index (χ1) is 6.00. The van der Waals surface area contributed by atoms with Crippen molar-refractivity contribution in [1.29, 1.82) is 0 Å². The van der Waals surface area contributed by atoms with Crippen LogP contribution in [0, 0.1) is 0 Å². The fourth-order valence-corrected chi connectivity index (χ4v) is 0.331. The standard InChI is InChI=1S/2C2H2N4/c2*1-2-4-6-5-3-1/h2*1-2H. The topological polar surface area (TPSA) is 103 Å². The zero-order chi connectivity index (χ0) is 8.49. The SMILES string of the molecule is c1cnnnn1.c1cnnnn1. The van der Waals surface area contributed by atoms with E-state index >= 15 is 0 Å². The highest BCUT2D eigenvalue weighted by atomic mass is 15.4. The third-order valence-electron chi connectivity index (χ3n) is 0.687. The molecule has 8 heteroatoms. The molecule has 0 saturated carbocycles. The van der Waals surface area contributed by atoms with Gasteiger partial charge in [-0.05, 0) is 20.9 Å². The summed E-state index contributed by atoms with van der Waals surface area (Å²) in [5.41, 5.74) is 0. The van der Waals surface area contributed by atoms with Gasteiger partial charge in [-0.25, -0.2) is 0 Å². The number of nitrogens with zero attached hydrogens (tertiary/aromatic N) is 8. The van der Waals surface area contributed by atoms with Gasteiger partial charge in [-0.15, -0.1) is 20.4 Å². The highest BCUT2D eigenvalue weighted by Crippen LogP contribution is 1.54. The maximum atomic E-state index is 3.36. The molecule has 2 rings (SSSR count). The lowest BCUT2D eigenvalue weighted by molar-refractivity contribution is 0.761. The molecule has 60 valence electrons. The normalized spacial score (nSPS) is 8.00. The fraction of sp³-hybridized carbons (Fsp3) is 0. The summed E-state index contributed by atoms with van der Waals surface area (Å²) in [6.07, 6.45) is 5.86. The molecule has 0 N–H and O–H groups in total. The number of hydrogen-bond acceptors (Lipinski definition) is 8. The van der Waals surface area contributed by atoms with Gasteiger partial charge >= 0.3 is 0 Å². The Balaban J connectivity index is 0.000000120. The molecule has 2 aromatic heterocycles. The molecule has 0 radical (unpaired) electrons. The summed E-state index contributed by atoms with van der Waals surface area (Å²) in [4.78, 5) is 0. The highest BCUT2D eigenvalue weighted by Gasteiger charge is 1.62. The van der Waals surface area contributed by atoms with Crippen LogP contribution in [-0.4, -0.2) is 41.2 Å². The largest absolute Gasteiger partial charge is 0.136 e. The number of aromatic nitrogens is 8. The molecule has 0 fully saturated rings. The summed E-state index contributed by atoms with van der Waals surface area (Å²) in [6.45, 7) is 0. The average Bonchev–Trinajstić information content (AvgIpc) is 2.24. The molecular weight excluding hydrogens is 160 g/mol. The van der Waals surface area contributed by atoms with Crippen LogP contribution < -0.4 is 0 Å². The summed E-state index contributed by atoms with van der Waals surface area (Å²) in [7, 11) is 0. The van der Waals surface area contributed by atoms with E-state index in [1.807, 2.05) is 0 Å². The van der Waals surface area contributed by atoms with Crippen molar-refractivity contribution < 1.29 is 0 Å². The van der Waals surface area contributed by atoms with Gasteiger partial charge in [0.05, 0.1) is 24.8 Å². The van der Waals surface area contributed by atoms with E-state index in [4.69, 9.17) is 0 Å². The van der Waals surface area contributed by atoms with Gasteiger partial charge in [-0.2, -0.15) is 0 Å². The highest BCUT2D eigenvalue weighted by molar-refractivity contribution is 4.53. The quantitative estimate of drug-likeness (QED) is 0.465. The molecule has 0 atom stereocenters. The Labute approximate surface area is 67.1 Å². The van der Waals surface area contributed by atoms with Gasteiger partial charge in [0.1, 0.15) is 0 Å². The van der Waals surface area contributed by atoms with E-state index in [9.17, 15) is 0 Å². The molecule has 0 spiro atoms. The molecule has 12 heavy (non-hydrogen) atoms. The zero-order valence-electron chi connectivity index (χ0n) is 5.89. The molecule has 0 aliphatic heterocycles. The molecule has 0 amide bonds. The van der Waals surface area contributed by atoms with Crippen LogP contribution in [0.1, 0.15) is 0 Å². The Morgan fingerprint density at radius 2 is 0.667 bits per heavy atom. The maximum Gasteiger partial charge on any atom is 0.0716 e. The van der Waals surface area contributed by atoms with Crippen molar-refractivity contribution in [3.8, 4) is 0 Å². The smallest absolute Gasteiger partial charge is 0.0716 e. The molecular formula is C4H4N8. The molecule has 8 nitrogen and oxygen atoms in total. The van der Waals surface area contributed by atoms with Crippen LogP contribution in [0.2, 0.25) is 0 Å². The molecule has 2 heterocycles. The van der Waals surface area contributed by atoms with Gasteiger partial charge < -0.3 is 0 Å². The van der Waals surface area contributed by atoms with Crippen LogP contribution in [0.25, 0.3) is 0 Å². The van der Waals surface area contributed by atoms with E-state index < -0.39 is 0 Å². The van der Waals surface area contributed by atoms with Gasteiger partial charge in [-0.1, -0.05) is 0 Å². The first-order valence-electron chi connectivity index (χ1n) is 2.90. The molecule has 2 aromatic rings. The van der Waals surface area contributed by atoms with Crippen molar-refractivity contribution in [3.63, 3.8) is 0 Å². The monoisotopic (exact) mass is 164 g/mol. The van der Waals surface area contributed by atoms with E-state index in [-0.39, 0.29) is 0 Å². The lowest BCUT2D eigenvalue weighted by Gasteiger charge is -1.67. The van der Waals surface area contributed by atoms with E-state index in [2.05, 4.69) is 41.2 Å². The number of rotatable bonds is 0. The predicted octanol–water partition coefficient (Wildman–Crippen LogP) is -1.47. The van der Waals surface area contributed by atoms with E-state index in [1.54, 1.807) is 0 Å². The summed E-state index contributed by atoms with van der Waals surface area (Å²) in [5.74, 6) is 0. The predicted molar refractivity (Wildman–Crippen MR) is 35.2 cm³/mol. The Morgan fingerprint density at radius 3 is 0.750 bits per heavy atom. The maximum absolute atomic E-state index is 3.36. The van der Waals surface area contributed by atoms with Crippen LogP contribution in [0.3, 0.4) is 0 Å². The molecule has 0 bridgehead atoms. The minimum Gasteiger partial charge on any atom is -0.136 e. The minimum atomic E-state index is 1.47. The first kappa shape index (κ1) is 7.98. The second kappa shape index (κ2) is 5.65. The first-order valence-corrected chi connectivity index (χ1v) is 2.90. The zero-order valence-corrected chi connectivity index (χ0v) is 5.89. The molecule has 0 aliphatic rings. The average molecular weight is 164 g/mol. The van der Waals surface area contributed by atoms with E-state index in [0.29, 0.717) is 0 Å². The minimum absolute atomic E-state index is 1.47. The third-order valence-corrected chi connectivity index (χ3v) is 0.687. The summed E-state index contributed by atoms with van der Waals surface area (Å²) < 4.78 is 0. The van der Waals surface area contributed by atoms with E-state index in [0.717, 1.165) is 0 Å². The summed E-state index contributed by atoms with van der Waals surface area (Å²) in [5, 5.41) is 26.1. The Hall–Kier alpha value is -2.12. The van der Waals surface area contributed by atoms with Crippen molar-refractivity contribution >= 4 is 0 Å². The lowest BCUT2D eigenvalue weighted by atomic mass is 11.0. The Bertz CT molecular complexity index is 186. The van der Waals surface area contributed by atoms with Crippen molar-refractivity contribution in [3.05, 3.63) is 24.8 Å². The van der Waals surface area contributed by atoms with Crippen molar-refractivity contribution in [2.24, 2.45) is 0 Å². The van der Waals surface area contributed by atoms with Gasteiger partial charge in [0.2, 0.25) is 0 Å². The second-order valence-corrected chi connectivity index (χ2v) is 1.42. The number of hydrogen-bond donors (Lipinski definition) is 0.